The van der Waals surface area contributed by atoms with Crippen LogP contribution in [0.5, 0.6) is 0 Å². The highest BCUT2D eigenvalue weighted by atomic mass is 35.5. The number of nitrogens with zero attached hydrogens (tertiary/aromatic N) is 3. The molecule has 0 aliphatic heterocycles. The Labute approximate surface area is 107 Å². The Kier molecular flexibility index (Phi) is 4.77. The summed E-state index contributed by atoms with van der Waals surface area (Å²) in [5.74, 6) is -0.665. The van der Waals surface area contributed by atoms with Crippen LogP contribution < -0.4 is 5.32 Å². The fraction of sp³-hybridized carbons (Fsp3) is 0.100. The van der Waals surface area contributed by atoms with E-state index in [2.05, 4.69) is 10.3 Å². The van der Waals surface area contributed by atoms with Gasteiger partial charge in [-0.2, -0.15) is 10.5 Å². The molecule has 0 saturated carbocycles. The smallest absolute Gasteiger partial charge is 0.183 e. The number of halogens is 2. The molecule has 0 spiro atoms. The average Bonchev–Trinajstić information content (AvgIpc) is 2.32. The monoisotopic (exact) mass is 268 g/mol. The largest absolute Gasteiger partial charge is 0.271 e. The number of amidine groups is 1. The standard InChI is InChI=1S/C10H6ClFN4S/c1-17-10(15-5-14)16-9-3-8(12)7(11)2-6(9)4-13/h2-3H,1H3,(H,15,16). The highest BCUT2D eigenvalue weighted by molar-refractivity contribution is 8.13. The van der Waals surface area contributed by atoms with Gasteiger partial charge in [0.2, 0.25) is 0 Å². The van der Waals surface area contributed by atoms with E-state index in [0.717, 1.165) is 6.07 Å². The summed E-state index contributed by atoms with van der Waals surface area (Å²) in [4.78, 5) is 3.96. The second-order valence-corrected chi connectivity index (χ2v) is 3.96. The zero-order valence-corrected chi connectivity index (χ0v) is 10.2. The van der Waals surface area contributed by atoms with Gasteiger partial charge in [-0.05, 0) is 12.3 Å². The SMILES string of the molecule is CSC(=Nc1cc(F)c(Cl)cc1C#N)NC#N. The summed E-state index contributed by atoms with van der Waals surface area (Å²) in [7, 11) is 0. The van der Waals surface area contributed by atoms with Gasteiger partial charge in [0.15, 0.2) is 11.4 Å². The molecule has 1 N–H and O–H groups in total. The summed E-state index contributed by atoms with van der Waals surface area (Å²) >= 11 is 6.72. The summed E-state index contributed by atoms with van der Waals surface area (Å²) in [6, 6.07) is 4.10. The maximum Gasteiger partial charge on any atom is 0.183 e. The van der Waals surface area contributed by atoms with Crippen LogP contribution in [-0.2, 0) is 0 Å². The highest BCUT2D eigenvalue weighted by Gasteiger charge is 2.08. The van der Waals surface area contributed by atoms with Crippen LogP contribution in [-0.4, -0.2) is 11.4 Å². The van der Waals surface area contributed by atoms with Crippen LogP contribution in [0.3, 0.4) is 0 Å². The van der Waals surface area contributed by atoms with Gasteiger partial charge in [0.1, 0.15) is 11.9 Å². The third kappa shape index (κ3) is 3.35. The summed E-state index contributed by atoms with van der Waals surface area (Å²) in [5, 5.41) is 19.8. The predicted molar refractivity (Wildman–Crippen MR) is 65.5 cm³/mol. The highest BCUT2D eigenvalue weighted by Crippen LogP contribution is 2.26. The molecule has 7 heteroatoms. The lowest BCUT2D eigenvalue weighted by Crippen LogP contribution is -2.12. The molecular formula is C10H6ClFN4S. The third-order valence-corrected chi connectivity index (χ3v) is 2.61. The summed E-state index contributed by atoms with van der Waals surface area (Å²) in [6.07, 6.45) is 3.39. The fourth-order valence-corrected chi connectivity index (χ4v) is 1.50. The van der Waals surface area contributed by atoms with Gasteiger partial charge < -0.3 is 0 Å². The van der Waals surface area contributed by atoms with Crippen molar-refractivity contribution in [3.63, 3.8) is 0 Å². The van der Waals surface area contributed by atoms with Crippen LogP contribution in [0.4, 0.5) is 10.1 Å². The molecular weight excluding hydrogens is 263 g/mol. The molecule has 0 fully saturated rings. The summed E-state index contributed by atoms with van der Waals surface area (Å²) in [5.41, 5.74) is 0.268. The Balaban J connectivity index is 3.27. The van der Waals surface area contributed by atoms with Crippen molar-refractivity contribution in [2.45, 2.75) is 0 Å². The molecule has 86 valence electrons. The maximum atomic E-state index is 13.2. The van der Waals surface area contributed by atoms with Gasteiger partial charge in [-0.25, -0.2) is 9.38 Å². The van der Waals surface area contributed by atoms with Gasteiger partial charge in [0.25, 0.3) is 0 Å². The van der Waals surface area contributed by atoms with E-state index in [4.69, 9.17) is 22.1 Å². The van der Waals surface area contributed by atoms with Crippen molar-refractivity contribution in [3.05, 3.63) is 28.5 Å². The van der Waals surface area contributed by atoms with Crippen molar-refractivity contribution in [2.75, 3.05) is 6.26 Å². The lowest BCUT2D eigenvalue weighted by Gasteiger charge is -2.03. The van der Waals surface area contributed by atoms with Gasteiger partial charge in [0.05, 0.1) is 16.3 Å². The second-order valence-electron chi connectivity index (χ2n) is 2.75. The quantitative estimate of drug-likeness (QED) is 0.368. The summed E-state index contributed by atoms with van der Waals surface area (Å²) < 4.78 is 13.2. The van der Waals surface area contributed by atoms with Crippen LogP contribution in [0.25, 0.3) is 0 Å². The average molecular weight is 269 g/mol. The number of nitriles is 2. The number of aliphatic imine (C=N–C) groups is 1. The summed E-state index contributed by atoms with van der Waals surface area (Å²) in [6.45, 7) is 0. The van der Waals surface area contributed by atoms with E-state index in [1.165, 1.54) is 17.8 Å². The normalized spacial score (nSPS) is 10.5. The molecule has 4 nitrogen and oxygen atoms in total. The molecule has 0 saturated heterocycles. The van der Waals surface area contributed by atoms with Crippen LogP contribution in [0, 0.1) is 28.6 Å². The first-order chi connectivity index (χ1) is 8.12. The molecule has 1 aromatic rings. The van der Waals surface area contributed by atoms with Crippen molar-refractivity contribution in [3.8, 4) is 12.3 Å². The second kappa shape index (κ2) is 6.09. The van der Waals surface area contributed by atoms with Gasteiger partial charge >= 0.3 is 0 Å². The van der Waals surface area contributed by atoms with E-state index in [-0.39, 0.29) is 21.4 Å². The Morgan fingerprint density at radius 3 is 2.76 bits per heavy atom. The molecule has 0 aliphatic carbocycles. The van der Waals surface area contributed by atoms with E-state index >= 15 is 0 Å². The minimum Gasteiger partial charge on any atom is -0.271 e. The number of thioether (sulfide) groups is 1. The Morgan fingerprint density at radius 2 is 2.24 bits per heavy atom. The van der Waals surface area contributed by atoms with Gasteiger partial charge in [0, 0.05) is 6.07 Å². The molecule has 1 rings (SSSR count). The number of hydrogen-bond donors (Lipinski definition) is 1. The van der Waals surface area contributed by atoms with Gasteiger partial charge in [-0.3, -0.25) is 5.32 Å². The minimum atomic E-state index is -0.665. The van der Waals surface area contributed by atoms with Crippen LogP contribution in [0.15, 0.2) is 17.1 Å². The molecule has 0 aliphatic rings. The first-order valence-corrected chi connectivity index (χ1v) is 5.89. The molecule has 0 aromatic heterocycles. The lowest BCUT2D eigenvalue weighted by atomic mass is 10.2. The topological polar surface area (TPSA) is 72.0 Å². The van der Waals surface area contributed by atoms with Crippen LogP contribution in [0.1, 0.15) is 5.56 Å². The van der Waals surface area contributed by atoms with E-state index in [9.17, 15) is 4.39 Å². The van der Waals surface area contributed by atoms with Gasteiger partial charge in [-0.1, -0.05) is 23.4 Å². The predicted octanol–water partition coefficient (Wildman–Crippen LogP) is 2.77. The number of benzene rings is 1. The first-order valence-electron chi connectivity index (χ1n) is 4.29. The van der Waals surface area contributed by atoms with E-state index in [1.54, 1.807) is 12.4 Å². The Morgan fingerprint density at radius 1 is 1.53 bits per heavy atom. The van der Waals surface area contributed by atoms with E-state index in [0.29, 0.717) is 0 Å². The Bertz CT molecular complexity index is 544. The van der Waals surface area contributed by atoms with Crippen LogP contribution in [0.2, 0.25) is 5.02 Å². The molecule has 0 unspecified atom stereocenters. The number of nitrogens with one attached hydrogen (secondary N) is 1. The van der Waals surface area contributed by atoms with Crippen LogP contribution >= 0.6 is 23.4 Å². The zero-order valence-electron chi connectivity index (χ0n) is 8.66. The molecule has 17 heavy (non-hydrogen) atoms. The first kappa shape index (κ1) is 13.3. The minimum absolute atomic E-state index is 0.126. The van der Waals surface area contributed by atoms with Crippen molar-refractivity contribution < 1.29 is 4.39 Å². The van der Waals surface area contributed by atoms with Crippen molar-refractivity contribution in [1.82, 2.24) is 5.32 Å². The van der Waals surface area contributed by atoms with Crippen molar-refractivity contribution in [2.24, 2.45) is 4.99 Å². The molecule has 0 atom stereocenters. The molecule has 0 amide bonds. The molecule has 0 heterocycles. The van der Waals surface area contributed by atoms with Crippen molar-refractivity contribution >= 4 is 34.2 Å². The fourth-order valence-electron chi connectivity index (χ4n) is 1.00. The molecule has 1 aromatic carbocycles. The maximum absolute atomic E-state index is 13.2. The van der Waals surface area contributed by atoms with E-state index in [1.807, 2.05) is 6.07 Å². The number of rotatable bonds is 1. The number of hydrogen-bond acceptors (Lipinski definition) is 4. The Hall–Kier alpha value is -1.76. The zero-order chi connectivity index (χ0) is 12.8. The third-order valence-electron chi connectivity index (χ3n) is 1.74. The lowest BCUT2D eigenvalue weighted by molar-refractivity contribution is 0.628. The van der Waals surface area contributed by atoms with E-state index < -0.39 is 5.82 Å². The molecule has 0 radical (unpaired) electrons. The van der Waals surface area contributed by atoms with Gasteiger partial charge in [-0.15, -0.1) is 0 Å². The molecule has 0 bridgehead atoms. The van der Waals surface area contributed by atoms with Crippen molar-refractivity contribution in [1.29, 1.82) is 10.5 Å².